The largest absolute Gasteiger partial charge is 0.507 e. The van der Waals surface area contributed by atoms with E-state index in [-0.39, 0.29) is 11.5 Å². The van der Waals surface area contributed by atoms with Crippen LogP contribution in [0.25, 0.3) is 0 Å². The molecular weight excluding hydrogens is 250 g/mol. The molecule has 1 heterocycles. The molecule has 3 nitrogen and oxygen atoms in total. The minimum Gasteiger partial charge on any atom is -0.507 e. The van der Waals surface area contributed by atoms with Crippen molar-refractivity contribution < 1.29 is 9.90 Å². The lowest BCUT2D eigenvalue weighted by atomic mass is 9.75. The summed E-state index contributed by atoms with van der Waals surface area (Å²) in [5.41, 5.74) is 1.78. The maximum atomic E-state index is 11.3. The van der Waals surface area contributed by atoms with E-state index in [1.54, 1.807) is 12.1 Å². The molecule has 1 N–H and O–H groups in total. The molecule has 3 heteroatoms. The third-order valence-corrected chi connectivity index (χ3v) is 4.45. The molecule has 0 bridgehead atoms. The first-order valence-corrected chi connectivity index (χ1v) is 7.38. The molecule has 110 valence electrons. The lowest BCUT2D eigenvalue weighted by molar-refractivity contribution is 0.101. The van der Waals surface area contributed by atoms with E-state index in [1.807, 2.05) is 6.07 Å². The molecule has 0 unspecified atom stereocenters. The van der Waals surface area contributed by atoms with Crippen LogP contribution in [-0.2, 0) is 0 Å². The summed E-state index contributed by atoms with van der Waals surface area (Å²) >= 11 is 0. The van der Waals surface area contributed by atoms with E-state index in [9.17, 15) is 9.90 Å². The highest BCUT2D eigenvalue weighted by Gasteiger charge is 2.28. The molecule has 1 aromatic rings. The number of carbonyl (C=O) groups is 1. The molecule has 1 aliphatic rings. The van der Waals surface area contributed by atoms with Crippen molar-refractivity contribution >= 4 is 11.5 Å². The zero-order valence-corrected chi connectivity index (χ0v) is 12.9. The first-order valence-electron chi connectivity index (χ1n) is 7.38. The number of ketones is 1. The van der Waals surface area contributed by atoms with Gasteiger partial charge in [-0.3, -0.25) is 4.79 Å². The van der Waals surface area contributed by atoms with Crippen LogP contribution in [0, 0.1) is 11.3 Å². The molecule has 20 heavy (non-hydrogen) atoms. The molecule has 1 fully saturated rings. The summed E-state index contributed by atoms with van der Waals surface area (Å²) < 4.78 is 0. The van der Waals surface area contributed by atoms with Gasteiger partial charge in [0.05, 0.1) is 5.56 Å². The number of anilines is 1. The highest BCUT2D eigenvalue weighted by Crippen LogP contribution is 2.36. The topological polar surface area (TPSA) is 40.5 Å². The van der Waals surface area contributed by atoms with Crippen LogP contribution >= 0.6 is 0 Å². The molecule has 1 aromatic carbocycles. The highest BCUT2D eigenvalue weighted by molar-refractivity contribution is 5.97. The van der Waals surface area contributed by atoms with Gasteiger partial charge in [0.2, 0.25) is 0 Å². The number of piperidine rings is 1. The Morgan fingerprint density at radius 3 is 2.30 bits per heavy atom. The van der Waals surface area contributed by atoms with Crippen LogP contribution in [0.4, 0.5) is 5.69 Å². The minimum atomic E-state index is -0.0968. The van der Waals surface area contributed by atoms with Crippen LogP contribution in [0.2, 0.25) is 0 Å². The summed E-state index contributed by atoms with van der Waals surface area (Å²) in [5.74, 6) is 0.747. The van der Waals surface area contributed by atoms with Crippen LogP contribution in [0.5, 0.6) is 5.75 Å². The number of phenolic OH excluding ortho intramolecular Hbond substituents is 1. The SMILES string of the molecule is CC(=O)c1ccc(N2CCC(C(C)(C)C)CC2)cc1O. The van der Waals surface area contributed by atoms with Crippen molar-refractivity contribution in [3.05, 3.63) is 23.8 Å². The quantitative estimate of drug-likeness (QED) is 0.833. The van der Waals surface area contributed by atoms with Crippen molar-refractivity contribution in [2.24, 2.45) is 11.3 Å². The second-order valence-corrected chi connectivity index (χ2v) is 6.88. The fraction of sp³-hybridized carbons (Fsp3) is 0.588. The third kappa shape index (κ3) is 3.14. The van der Waals surface area contributed by atoms with Gasteiger partial charge >= 0.3 is 0 Å². The van der Waals surface area contributed by atoms with Gasteiger partial charge in [0.15, 0.2) is 5.78 Å². The number of rotatable bonds is 2. The molecule has 0 aromatic heterocycles. The van der Waals surface area contributed by atoms with Crippen molar-refractivity contribution in [1.29, 1.82) is 0 Å². The monoisotopic (exact) mass is 275 g/mol. The Morgan fingerprint density at radius 1 is 1.25 bits per heavy atom. The number of hydrogen-bond acceptors (Lipinski definition) is 3. The molecule has 1 saturated heterocycles. The van der Waals surface area contributed by atoms with Gasteiger partial charge in [-0.1, -0.05) is 20.8 Å². The van der Waals surface area contributed by atoms with Gasteiger partial charge in [0.1, 0.15) is 5.75 Å². The first kappa shape index (κ1) is 14.9. The summed E-state index contributed by atoms with van der Waals surface area (Å²) in [5, 5.41) is 9.93. The van der Waals surface area contributed by atoms with Gasteiger partial charge in [0, 0.05) is 24.8 Å². The lowest BCUT2D eigenvalue weighted by Gasteiger charge is -2.39. The Hall–Kier alpha value is -1.51. The predicted molar refractivity (Wildman–Crippen MR) is 82.5 cm³/mol. The summed E-state index contributed by atoms with van der Waals surface area (Å²) in [6, 6.07) is 5.38. The highest BCUT2D eigenvalue weighted by atomic mass is 16.3. The smallest absolute Gasteiger partial charge is 0.163 e. The molecule has 0 amide bonds. The van der Waals surface area contributed by atoms with Crippen LogP contribution in [0.15, 0.2) is 18.2 Å². The van der Waals surface area contributed by atoms with Crippen LogP contribution in [0.1, 0.15) is 50.9 Å². The van der Waals surface area contributed by atoms with Crippen LogP contribution in [-0.4, -0.2) is 24.0 Å². The van der Waals surface area contributed by atoms with Gasteiger partial charge in [0.25, 0.3) is 0 Å². The fourth-order valence-corrected chi connectivity index (χ4v) is 3.02. The second kappa shape index (κ2) is 5.47. The molecule has 2 rings (SSSR count). The Balaban J connectivity index is 2.08. The van der Waals surface area contributed by atoms with Crippen molar-refractivity contribution in [3.63, 3.8) is 0 Å². The molecule has 1 aliphatic heterocycles. The molecule has 0 radical (unpaired) electrons. The summed E-state index contributed by atoms with van der Waals surface area (Å²) in [7, 11) is 0. The van der Waals surface area contributed by atoms with Gasteiger partial charge in [-0.25, -0.2) is 0 Å². The minimum absolute atomic E-state index is 0.0907. The molecule has 0 spiro atoms. The van der Waals surface area contributed by atoms with E-state index in [4.69, 9.17) is 0 Å². The molecule has 0 atom stereocenters. The summed E-state index contributed by atoms with van der Waals surface area (Å²) in [6.07, 6.45) is 2.36. The standard InChI is InChI=1S/C17H25NO2/c1-12(19)15-6-5-14(11-16(15)20)18-9-7-13(8-10-18)17(2,3)4/h5-6,11,13,20H,7-10H2,1-4H3. The van der Waals surface area contributed by atoms with Crippen molar-refractivity contribution in [2.75, 3.05) is 18.0 Å². The Bertz CT molecular complexity index is 494. The van der Waals surface area contributed by atoms with Gasteiger partial charge < -0.3 is 10.0 Å². The number of aromatic hydroxyl groups is 1. The lowest BCUT2D eigenvalue weighted by Crippen LogP contribution is -2.38. The predicted octanol–water partition coefficient (Wildman–Crippen LogP) is 3.86. The summed E-state index contributed by atoms with van der Waals surface area (Å²) in [4.78, 5) is 13.6. The summed E-state index contributed by atoms with van der Waals surface area (Å²) in [6.45, 7) is 10.4. The van der Waals surface area contributed by atoms with Gasteiger partial charge in [-0.15, -0.1) is 0 Å². The third-order valence-electron chi connectivity index (χ3n) is 4.45. The fourth-order valence-electron chi connectivity index (χ4n) is 3.02. The number of carbonyl (C=O) groups excluding carboxylic acids is 1. The number of benzene rings is 1. The van der Waals surface area contributed by atoms with Crippen LogP contribution < -0.4 is 4.90 Å². The Kier molecular flexibility index (Phi) is 4.07. The van der Waals surface area contributed by atoms with E-state index >= 15 is 0 Å². The van der Waals surface area contributed by atoms with Gasteiger partial charge in [-0.05, 0) is 43.2 Å². The van der Waals surface area contributed by atoms with E-state index < -0.39 is 0 Å². The molecule has 0 saturated carbocycles. The first-order chi connectivity index (χ1) is 9.29. The normalized spacial score (nSPS) is 17.3. The van der Waals surface area contributed by atoms with E-state index in [1.165, 1.54) is 19.8 Å². The van der Waals surface area contributed by atoms with E-state index in [0.29, 0.717) is 11.0 Å². The van der Waals surface area contributed by atoms with Crippen molar-refractivity contribution in [1.82, 2.24) is 0 Å². The Morgan fingerprint density at radius 2 is 1.85 bits per heavy atom. The molecule has 0 aliphatic carbocycles. The number of hydrogen-bond donors (Lipinski definition) is 1. The number of phenols is 1. The number of nitrogens with zero attached hydrogens (tertiary/aromatic N) is 1. The number of Topliss-reactive ketones (excluding diaryl/α,β-unsaturated/α-hetero) is 1. The van der Waals surface area contributed by atoms with Crippen molar-refractivity contribution in [2.45, 2.75) is 40.5 Å². The average molecular weight is 275 g/mol. The van der Waals surface area contributed by atoms with Crippen molar-refractivity contribution in [3.8, 4) is 5.75 Å². The van der Waals surface area contributed by atoms with E-state index in [2.05, 4.69) is 25.7 Å². The maximum Gasteiger partial charge on any atom is 0.163 e. The van der Waals surface area contributed by atoms with Gasteiger partial charge in [-0.2, -0.15) is 0 Å². The maximum absolute atomic E-state index is 11.3. The Labute approximate surface area is 121 Å². The average Bonchev–Trinajstić information content (AvgIpc) is 2.37. The zero-order chi connectivity index (χ0) is 14.9. The zero-order valence-electron chi connectivity index (χ0n) is 12.9. The second-order valence-electron chi connectivity index (χ2n) is 6.88. The molecular formula is C17H25NO2. The van der Waals surface area contributed by atoms with Crippen LogP contribution in [0.3, 0.4) is 0 Å². The van der Waals surface area contributed by atoms with E-state index in [0.717, 1.165) is 24.7 Å².